The number of hydrogen-bond donors (Lipinski definition) is 1. The second kappa shape index (κ2) is 7.92. The van der Waals surface area contributed by atoms with Crippen molar-refractivity contribution >= 4 is 11.9 Å². The Kier molecular flexibility index (Phi) is 5.78. The summed E-state index contributed by atoms with van der Waals surface area (Å²) in [6.45, 7) is 5.44. The van der Waals surface area contributed by atoms with Crippen LogP contribution in [0.4, 0.5) is 13.2 Å². The van der Waals surface area contributed by atoms with E-state index in [1.54, 1.807) is 18.4 Å². The zero-order valence-electron chi connectivity index (χ0n) is 14.8. The van der Waals surface area contributed by atoms with E-state index in [2.05, 4.69) is 4.90 Å². The van der Waals surface area contributed by atoms with E-state index in [4.69, 9.17) is 14.3 Å². The van der Waals surface area contributed by atoms with E-state index in [1.807, 2.05) is 4.90 Å². The molecule has 2 aliphatic heterocycles. The molecule has 1 saturated carbocycles. The summed E-state index contributed by atoms with van der Waals surface area (Å²) in [5.41, 5.74) is 0. The lowest BCUT2D eigenvalue weighted by atomic mass is 9.84. The number of carbonyl (C=O) groups excluding carboxylic acids is 1. The third-order valence-electron chi connectivity index (χ3n) is 5.13. The molecule has 6 nitrogen and oxygen atoms in total. The Hall–Kier alpha value is -2.03. The Bertz CT molecular complexity index is 644. The van der Waals surface area contributed by atoms with Gasteiger partial charge < -0.3 is 19.3 Å². The van der Waals surface area contributed by atoms with Crippen LogP contribution < -0.4 is 0 Å². The molecule has 0 radical (unpaired) electrons. The smallest absolute Gasteiger partial charge is 0.475 e. The summed E-state index contributed by atoms with van der Waals surface area (Å²) >= 11 is 0. The monoisotopic (exact) mass is 388 g/mol. The van der Waals surface area contributed by atoms with Crippen molar-refractivity contribution in [2.24, 2.45) is 17.8 Å². The average molecular weight is 388 g/mol. The van der Waals surface area contributed by atoms with Crippen LogP contribution in [-0.2, 0) is 4.79 Å². The molecule has 1 N–H and O–H groups in total. The van der Waals surface area contributed by atoms with Crippen molar-refractivity contribution in [2.45, 2.75) is 25.4 Å². The fraction of sp³-hybridized carbons (Fsp3) is 0.667. The first-order valence-corrected chi connectivity index (χ1v) is 9.07. The zero-order chi connectivity index (χ0) is 19.6. The number of furan rings is 1. The maximum Gasteiger partial charge on any atom is 0.490 e. The molecule has 2 bridgehead atoms. The van der Waals surface area contributed by atoms with E-state index in [0.717, 1.165) is 19.0 Å². The maximum atomic E-state index is 12.4. The van der Waals surface area contributed by atoms with Crippen LogP contribution in [-0.4, -0.2) is 65.7 Å². The van der Waals surface area contributed by atoms with Crippen molar-refractivity contribution in [1.29, 1.82) is 0 Å². The molecule has 9 heteroatoms. The molecule has 3 heterocycles. The summed E-state index contributed by atoms with van der Waals surface area (Å²) in [5, 5.41) is 7.12. The molecule has 2 unspecified atom stereocenters. The van der Waals surface area contributed by atoms with E-state index in [9.17, 15) is 18.0 Å². The van der Waals surface area contributed by atoms with Gasteiger partial charge in [-0.3, -0.25) is 4.79 Å². The zero-order valence-corrected chi connectivity index (χ0v) is 14.8. The molecule has 0 aromatic carbocycles. The van der Waals surface area contributed by atoms with Crippen LogP contribution in [0.25, 0.3) is 0 Å². The molecule has 2 saturated heterocycles. The van der Waals surface area contributed by atoms with Crippen LogP contribution in [0.1, 0.15) is 29.8 Å². The number of alkyl halides is 3. The number of aliphatic carboxylic acids is 1. The van der Waals surface area contributed by atoms with E-state index in [1.165, 1.54) is 38.9 Å². The van der Waals surface area contributed by atoms with Crippen molar-refractivity contribution in [3.05, 3.63) is 24.2 Å². The van der Waals surface area contributed by atoms with Crippen molar-refractivity contribution in [1.82, 2.24) is 9.80 Å². The van der Waals surface area contributed by atoms with Gasteiger partial charge in [0.1, 0.15) is 0 Å². The minimum absolute atomic E-state index is 0.0698. The fourth-order valence-electron chi connectivity index (χ4n) is 3.92. The molecule has 1 amide bonds. The number of hydrogen-bond acceptors (Lipinski definition) is 4. The lowest BCUT2D eigenvalue weighted by Gasteiger charge is -2.45. The highest BCUT2D eigenvalue weighted by atomic mass is 19.4. The number of piperidine rings is 2. The van der Waals surface area contributed by atoms with Gasteiger partial charge in [-0.05, 0) is 49.1 Å². The third-order valence-corrected chi connectivity index (χ3v) is 5.13. The molecular weight excluding hydrogens is 365 g/mol. The maximum absolute atomic E-state index is 12.4. The first-order valence-electron chi connectivity index (χ1n) is 9.07. The Labute approximate surface area is 154 Å². The fourth-order valence-corrected chi connectivity index (χ4v) is 3.92. The van der Waals surface area contributed by atoms with Crippen LogP contribution in [0.15, 0.2) is 22.8 Å². The highest BCUT2D eigenvalue weighted by molar-refractivity contribution is 5.91. The average Bonchev–Trinajstić information content (AvgIpc) is 3.22. The molecule has 27 heavy (non-hydrogen) atoms. The van der Waals surface area contributed by atoms with Crippen LogP contribution in [0.3, 0.4) is 0 Å². The van der Waals surface area contributed by atoms with Crippen LogP contribution in [0.2, 0.25) is 0 Å². The van der Waals surface area contributed by atoms with Gasteiger partial charge in [-0.2, -0.15) is 13.2 Å². The normalized spacial score (nSPS) is 25.5. The van der Waals surface area contributed by atoms with Gasteiger partial charge in [0, 0.05) is 32.7 Å². The van der Waals surface area contributed by atoms with Crippen molar-refractivity contribution in [2.75, 3.05) is 32.7 Å². The SMILES string of the molecule is O=C(O)C(F)(F)F.O=C(c1ccco1)N1CC2CC(CN(CC3CC3)C2)C1. The number of nitrogens with zero attached hydrogens (tertiary/aromatic N) is 2. The minimum atomic E-state index is -5.08. The molecule has 150 valence electrons. The first-order chi connectivity index (χ1) is 12.7. The number of fused-ring (bicyclic) bond motifs is 2. The van der Waals surface area contributed by atoms with Gasteiger partial charge in [-0.15, -0.1) is 0 Å². The predicted octanol–water partition coefficient (Wildman–Crippen LogP) is 2.72. The summed E-state index contributed by atoms with van der Waals surface area (Å²) in [4.78, 5) is 25.9. The van der Waals surface area contributed by atoms with E-state index >= 15 is 0 Å². The Morgan fingerprint density at radius 2 is 1.74 bits per heavy atom. The summed E-state index contributed by atoms with van der Waals surface area (Å²) in [7, 11) is 0. The molecule has 2 atom stereocenters. The Balaban J connectivity index is 0.000000260. The number of carboxylic acids is 1. The molecule has 1 aromatic rings. The molecule has 3 aliphatic rings. The number of likely N-dealkylation sites (tertiary alicyclic amines) is 2. The number of carbonyl (C=O) groups is 2. The highest BCUT2D eigenvalue weighted by Gasteiger charge is 2.39. The molecule has 0 spiro atoms. The quantitative estimate of drug-likeness (QED) is 0.862. The molecular formula is C18H23F3N2O4. The molecule has 4 rings (SSSR count). The van der Waals surface area contributed by atoms with Crippen LogP contribution in [0.5, 0.6) is 0 Å². The van der Waals surface area contributed by atoms with Crippen LogP contribution >= 0.6 is 0 Å². The van der Waals surface area contributed by atoms with E-state index in [-0.39, 0.29) is 5.91 Å². The molecule has 1 aromatic heterocycles. The Morgan fingerprint density at radius 1 is 1.15 bits per heavy atom. The number of halogens is 3. The summed E-state index contributed by atoms with van der Waals surface area (Å²) in [6.07, 6.45) is 0.641. The minimum Gasteiger partial charge on any atom is -0.475 e. The highest BCUT2D eigenvalue weighted by Crippen LogP contribution is 2.34. The lowest BCUT2D eigenvalue weighted by molar-refractivity contribution is -0.192. The van der Waals surface area contributed by atoms with Crippen LogP contribution in [0, 0.1) is 17.8 Å². The second-order valence-corrected chi connectivity index (χ2v) is 7.62. The molecule has 1 aliphatic carbocycles. The summed E-state index contributed by atoms with van der Waals surface area (Å²) in [5.74, 6) is 0.0719. The summed E-state index contributed by atoms with van der Waals surface area (Å²) in [6, 6.07) is 3.56. The third kappa shape index (κ3) is 5.47. The number of rotatable bonds is 3. The topological polar surface area (TPSA) is 74.0 Å². The predicted molar refractivity (Wildman–Crippen MR) is 89.1 cm³/mol. The number of amides is 1. The van der Waals surface area contributed by atoms with Gasteiger partial charge in [-0.25, -0.2) is 4.79 Å². The van der Waals surface area contributed by atoms with Crippen molar-refractivity contribution in [3.63, 3.8) is 0 Å². The number of carboxylic acid groups (broad SMARTS) is 1. The van der Waals surface area contributed by atoms with Gasteiger partial charge in [0.05, 0.1) is 6.26 Å². The Morgan fingerprint density at radius 3 is 2.19 bits per heavy atom. The van der Waals surface area contributed by atoms with Crippen molar-refractivity contribution in [3.8, 4) is 0 Å². The van der Waals surface area contributed by atoms with E-state index in [0.29, 0.717) is 17.6 Å². The van der Waals surface area contributed by atoms with Gasteiger partial charge in [0.15, 0.2) is 5.76 Å². The summed E-state index contributed by atoms with van der Waals surface area (Å²) < 4.78 is 37.0. The van der Waals surface area contributed by atoms with Gasteiger partial charge in [0.25, 0.3) is 5.91 Å². The molecule has 3 fully saturated rings. The second-order valence-electron chi connectivity index (χ2n) is 7.62. The van der Waals surface area contributed by atoms with E-state index < -0.39 is 12.1 Å². The van der Waals surface area contributed by atoms with Gasteiger partial charge in [0.2, 0.25) is 0 Å². The first kappa shape index (κ1) is 19.7. The standard InChI is InChI=1S/C16H22N2O2.C2HF3O2/c19-16(15-2-1-5-20-15)18-10-13-6-14(11-18)9-17(8-13)7-12-3-4-12;3-2(4,5)1(6)7/h1-2,5,12-14H,3-4,6-11H2;(H,6,7). The lowest BCUT2D eigenvalue weighted by Crippen LogP contribution is -2.54. The van der Waals surface area contributed by atoms with Gasteiger partial charge >= 0.3 is 12.1 Å². The largest absolute Gasteiger partial charge is 0.490 e. The van der Waals surface area contributed by atoms with Crippen molar-refractivity contribution < 1.29 is 32.3 Å². The van der Waals surface area contributed by atoms with Gasteiger partial charge in [-0.1, -0.05) is 0 Å².